The van der Waals surface area contributed by atoms with Gasteiger partial charge in [-0.25, -0.2) is 4.79 Å². The van der Waals surface area contributed by atoms with Gasteiger partial charge < -0.3 is 30.7 Å². The fourth-order valence-corrected chi connectivity index (χ4v) is 5.07. The summed E-state index contributed by atoms with van der Waals surface area (Å²) in [6, 6.07) is 0.434. The average molecular weight is 542 g/mol. The summed E-state index contributed by atoms with van der Waals surface area (Å²) in [7, 11) is 0. The molecular formula is C18H31IN4O5S. The van der Waals surface area contributed by atoms with Crippen molar-refractivity contribution < 1.29 is 23.9 Å². The molecule has 0 radical (unpaired) electrons. The maximum atomic E-state index is 11.9. The number of thioether (sulfide) groups is 1. The van der Waals surface area contributed by atoms with E-state index in [-0.39, 0.29) is 29.9 Å². The number of hydrogen-bond acceptors (Lipinski definition) is 6. The van der Waals surface area contributed by atoms with Gasteiger partial charge >= 0.3 is 6.03 Å². The van der Waals surface area contributed by atoms with Crippen molar-refractivity contribution >= 4 is 52.2 Å². The molecule has 3 atom stereocenters. The third kappa shape index (κ3) is 9.71. The molecule has 166 valence electrons. The molecule has 9 nitrogen and oxygen atoms in total. The van der Waals surface area contributed by atoms with Crippen LogP contribution < -0.4 is 21.3 Å². The Kier molecular flexibility index (Phi) is 12.0. The second-order valence-electron chi connectivity index (χ2n) is 6.93. The number of urea groups is 1. The van der Waals surface area contributed by atoms with Crippen molar-refractivity contribution in [2.45, 2.75) is 43.0 Å². The number of carbonyl (C=O) groups is 3. The van der Waals surface area contributed by atoms with Crippen molar-refractivity contribution in [3.63, 3.8) is 0 Å². The summed E-state index contributed by atoms with van der Waals surface area (Å²) in [6.45, 7) is 2.84. The van der Waals surface area contributed by atoms with Gasteiger partial charge in [0.15, 0.2) is 0 Å². The van der Waals surface area contributed by atoms with Crippen LogP contribution in [-0.2, 0) is 19.1 Å². The number of unbranched alkanes of at least 4 members (excludes halogenated alkanes) is 1. The van der Waals surface area contributed by atoms with Gasteiger partial charge in [-0.2, -0.15) is 11.8 Å². The normalized spacial score (nSPS) is 22.7. The molecule has 0 aromatic heterocycles. The molecule has 2 heterocycles. The van der Waals surface area contributed by atoms with Gasteiger partial charge in [0.2, 0.25) is 11.8 Å². The monoisotopic (exact) mass is 542 g/mol. The summed E-state index contributed by atoms with van der Waals surface area (Å²) < 4.78 is 11.2. The van der Waals surface area contributed by atoms with E-state index in [2.05, 4.69) is 21.3 Å². The number of ether oxygens (including phenoxy) is 2. The van der Waals surface area contributed by atoms with Gasteiger partial charge in [0.25, 0.3) is 0 Å². The lowest BCUT2D eigenvalue weighted by atomic mass is 10.0. The number of carbonyl (C=O) groups excluding carboxylic acids is 3. The van der Waals surface area contributed by atoms with Crippen LogP contribution in [0, 0.1) is 0 Å². The summed E-state index contributed by atoms with van der Waals surface area (Å²) in [5.74, 6) is 1.02. The van der Waals surface area contributed by atoms with E-state index in [1.807, 2.05) is 34.4 Å². The zero-order valence-electron chi connectivity index (χ0n) is 16.5. The Hall–Kier alpha value is -0.790. The minimum atomic E-state index is -0.0568. The number of nitrogens with one attached hydrogen (secondary N) is 4. The smallest absolute Gasteiger partial charge is 0.315 e. The van der Waals surface area contributed by atoms with E-state index in [0.717, 1.165) is 25.0 Å². The van der Waals surface area contributed by atoms with Gasteiger partial charge in [0, 0.05) is 30.5 Å². The highest BCUT2D eigenvalue weighted by molar-refractivity contribution is 14.1. The molecule has 29 heavy (non-hydrogen) atoms. The summed E-state index contributed by atoms with van der Waals surface area (Å²) in [4.78, 5) is 34.2. The van der Waals surface area contributed by atoms with Crippen LogP contribution in [0.1, 0.15) is 25.7 Å². The van der Waals surface area contributed by atoms with E-state index < -0.39 is 0 Å². The van der Waals surface area contributed by atoms with E-state index in [4.69, 9.17) is 9.47 Å². The maximum absolute atomic E-state index is 11.9. The lowest BCUT2D eigenvalue weighted by Gasteiger charge is -2.16. The van der Waals surface area contributed by atoms with Gasteiger partial charge in [-0.05, 0) is 12.8 Å². The quantitative estimate of drug-likeness (QED) is 0.103. The third-order valence-electron chi connectivity index (χ3n) is 4.71. The van der Waals surface area contributed by atoms with E-state index >= 15 is 0 Å². The van der Waals surface area contributed by atoms with E-state index in [1.165, 1.54) is 0 Å². The Morgan fingerprint density at radius 1 is 1.03 bits per heavy atom. The number of halogens is 1. The second kappa shape index (κ2) is 14.3. The first-order chi connectivity index (χ1) is 14.1. The van der Waals surface area contributed by atoms with Gasteiger partial charge in [0.1, 0.15) is 0 Å². The highest BCUT2D eigenvalue weighted by Gasteiger charge is 2.42. The zero-order chi connectivity index (χ0) is 20.9. The number of hydrogen-bond donors (Lipinski definition) is 4. The Labute approximate surface area is 189 Å². The molecule has 2 saturated heterocycles. The number of fused-ring (bicyclic) bond motifs is 1. The lowest BCUT2D eigenvalue weighted by molar-refractivity contribution is -0.121. The molecule has 0 bridgehead atoms. The molecule has 2 fully saturated rings. The van der Waals surface area contributed by atoms with E-state index in [9.17, 15) is 14.4 Å². The molecule has 0 aliphatic carbocycles. The summed E-state index contributed by atoms with van der Waals surface area (Å²) in [5.41, 5.74) is 0. The Balaban J connectivity index is 1.35. The van der Waals surface area contributed by atoms with Crippen LogP contribution in [0.15, 0.2) is 0 Å². The average Bonchev–Trinajstić information content (AvgIpc) is 3.25. The largest absolute Gasteiger partial charge is 0.377 e. The first-order valence-electron chi connectivity index (χ1n) is 10.0. The van der Waals surface area contributed by atoms with E-state index in [0.29, 0.717) is 55.6 Å². The number of rotatable bonds is 15. The van der Waals surface area contributed by atoms with Crippen molar-refractivity contribution in [1.82, 2.24) is 21.3 Å². The number of amides is 4. The SMILES string of the molecule is O=C(CI)NCCOCCOCCNC(=O)CCCC[C@@H]1SC[C@@H]2NC(=O)N[C@H]21. The standard InChI is InChI=1S/C18H31IN4O5S/c19-11-16(25)21-6-8-28-10-9-27-7-5-20-15(24)4-2-1-3-14-17-13(12-29-14)22-18(26)23-17/h13-14,17H,1-12H2,(H,20,24)(H,21,25)(H2,22,23,26)/t13-,14-,17+/m0/s1. The lowest BCUT2D eigenvalue weighted by Crippen LogP contribution is -2.36. The summed E-state index contributed by atoms with van der Waals surface area (Å²) >= 11 is 3.91. The predicted molar refractivity (Wildman–Crippen MR) is 121 cm³/mol. The van der Waals surface area contributed by atoms with Gasteiger partial charge in [-0.15, -0.1) is 0 Å². The molecule has 2 aliphatic heterocycles. The van der Waals surface area contributed by atoms with Crippen molar-refractivity contribution in [2.24, 2.45) is 0 Å². The molecule has 2 rings (SSSR count). The molecule has 0 unspecified atom stereocenters. The maximum Gasteiger partial charge on any atom is 0.315 e. The zero-order valence-corrected chi connectivity index (χ0v) is 19.5. The van der Waals surface area contributed by atoms with Gasteiger partial charge in [-0.3, -0.25) is 9.59 Å². The van der Waals surface area contributed by atoms with Crippen molar-refractivity contribution in [2.75, 3.05) is 49.7 Å². The molecule has 0 spiro atoms. The Morgan fingerprint density at radius 2 is 1.72 bits per heavy atom. The van der Waals surface area contributed by atoms with Crippen LogP contribution in [0.25, 0.3) is 0 Å². The van der Waals surface area contributed by atoms with Crippen molar-refractivity contribution in [1.29, 1.82) is 0 Å². The highest BCUT2D eigenvalue weighted by Crippen LogP contribution is 2.33. The molecule has 0 saturated carbocycles. The molecule has 4 N–H and O–H groups in total. The molecule has 2 aliphatic rings. The predicted octanol–water partition coefficient (Wildman–Crippen LogP) is 0.413. The van der Waals surface area contributed by atoms with Crippen LogP contribution >= 0.6 is 34.4 Å². The second-order valence-corrected chi connectivity index (χ2v) is 8.96. The van der Waals surface area contributed by atoms with Crippen LogP contribution in [0.5, 0.6) is 0 Å². The number of alkyl halides is 1. The molecule has 11 heteroatoms. The van der Waals surface area contributed by atoms with Gasteiger partial charge in [-0.1, -0.05) is 29.0 Å². The van der Waals surface area contributed by atoms with E-state index in [1.54, 1.807) is 0 Å². The minimum absolute atomic E-state index is 0.00636. The minimum Gasteiger partial charge on any atom is -0.377 e. The Bertz CT molecular complexity index is 542. The summed E-state index contributed by atoms with van der Waals surface area (Å²) in [5, 5.41) is 12.0. The van der Waals surface area contributed by atoms with Gasteiger partial charge in [0.05, 0.1) is 42.9 Å². The van der Waals surface area contributed by atoms with Crippen LogP contribution in [0.2, 0.25) is 0 Å². The molecule has 0 aromatic rings. The fraction of sp³-hybridized carbons (Fsp3) is 0.833. The third-order valence-corrected chi connectivity index (χ3v) is 6.91. The topological polar surface area (TPSA) is 118 Å². The van der Waals surface area contributed by atoms with Crippen LogP contribution in [0.4, 0.5) is 4.79 Å². The van der Waals surface area contributed by atoms with Crippen molar-refractivity contribution in [3.05, 3.63) is 0 Å². The summed E-state index contributed by atoms with van der Waals surface area (Å²) in [6.07, 6.45) is 3.37. The highest BCUT2D eigenvalue weighted by atomic mass is 127. The van der Waals surface area contributed by atoms with Crippen molar-refractivity contribution in [3.8, 4) is 0 Å². The fourth-order valence-electron chi connectivity index (χ4n) is 3.26. The molecule has 0 aromatic carbocycles. The van der Waals surface area contributed by atoms with Crippen LogP contribution in [-0.4, -0.2) is 84.9 Å². The Morgan fingerprint density at radius 3 is 2.41 bits per heavy atom. The first-order valence-corrected chi connectivity index (χ1v) is 12.6. The molecular weight excluding hydrogens is 511 g/mol. The van der Waals surface area contributed by atoms with Crippen LogP contribution in [0.3, 0.4) is 0 Å². The molecule has 4 amide bonds. The first kappa shape index (κ1) is 24.5.